The third kappa shape index (κ3) is 3.95. The summed E-state index contributed by atoms with van der Waals surface area (Å²) in [4.78, 5) is 2.27. The molecule has 1 aromatic carbocycles. The summed E-state index contributed by atoms with van der Waals surface area (Å²) in [5.41, 5.74) is 1.31. The fourth-order valence-electron chi connectivity index (χ4n) is 2.57. The molecule has 3 nitrogen and oxygen atoms in total. The number of methoxy groups -OCH3 is 1. The zero-order valence-corrected chi connectivity index (χ0v) is 12.4. The van der Waals surface area contributed by atoms with Gasteiger partial charge in [0.1, 0.15) is 5.75 Å². The van der Waals surface area contributed by atoms with Crippen molar-refractivity contribution in [3.63, 3.8) is 0 Å². The van der Waals surface area contributed by atoms with Crippen LogP contribution in [0.3, 0.4) is 0 Å². The highest BCUT2D eigenvalue weighted by atomic mass is 16.5. The van der Waals surface area contributed by atoms with E-state index in [1.807, 2.05) is 6.07 Å². The second-order valence-electron chi connectivity index (χ2n) is 5.71. The third-order valence-electron chi connectivity index (χ3n) is 4.10. The molecule has 0 bridgehead atoms. The van der Waals surface area contributed by atoms with Gasteiger partial charge in [0.15, 0.2) is 0 Å². The van der Waals surface area contributed by atoms with E-state index in [-0.39, 0.29) is 0 Å². The summed E-state index contributed by atoms with van der Waals surface area (Å²) in [7, 11) is 5.99. The van der Waals surface area contributed by atoms with Gasteiger partial charge in [0.2, 0.25) is 0 Å². The molecule has 106 valence electrons. The Morgan fingerprint density at radius 3 is 2.74 bits per heavy atom. The van der Waals surface area contributed by atoms with Crippen LogP contribution in [0.15, 0.2) is 24.3 Å². The summed E-state index contributed by atoms with van der Waals surface area (Å²) in [5, 5.41) is 3.62. The van der Waals surface area contributed by atoms with E-state index in [9.17, 15) is 0 Å². The molecule has 0 saturated heterocycles. The molecule has 0 spiro atoms. The SMILES string of the molecule is COc1cccc(C(CNCC2CCC2)N(C)C)c1. The molecule has 0 aliphatic heterocycles. The van der Waals surface area contributed by atoms with Gasteiger partial charge in [0.05, 0.1) is 7.11 Å². The van der Waals surface area contributed by atoms with Crippen molar-refractivity contribution in [2.45, 2.75) is 25.3 Å². The van der Waals surface area contributed by atoms with Crippen LogP contribution in [0.2, 0.25) is 0 Å². The Kier molecular flexibility index (Phi) is 5.23. The van der Waals surface area contributed by atoms with Crippen molar-refractivity contribution in [3.05, 3.63) is 29.8 Å². The van der Waals surface area contributed by atoms with Crippen molar-refractivity contribution < 1.29 is 4.74 Å². The molecule has 0 radical (unpaired) electrons. The minimum absolute atomic E-state index is 0.398. The van der Waals surface area contributed by atoms with Crippen LogP contribution in [-0.2, 0) is 0 Å². The number of hydrogen-bond acceptors (Lipinski definition) is 3. The van der Waals surface area contributed by atoms with Crippen molar-refractivity contribution >= 4 is 0 Å². The molecule has 0 aromatic heterocycles. The molecule has 1 aliphatic rings. The monoisotopic (exact) mass is 262 g/mol. The summed E-state index contributed by atoms with van der Waals surface area (Å²) < 4.78 is 5.32. The van der Waals surface area contributed by atoms with Crippen LogP contribution in [0.5, 0.6) is 5.75 Å². The molecule has 19 heavy (non-hydrogen) atoms. The van der Waals surface area contributed by atoms with Crippen molar-refractivity contribution in [1.82, 2.24) is 10.2 Å². The van der Waals surface area contributed by atoms with Crippen LogP contribution >= 0.6 is 0 Å². The molecule has 1 atom stereocenters. The maximum absolute atomic E-state index is 5.32. The van der Waals surface area contributed by atoms with E-state index in [1.165, 1.54) is 24.8 Å². The topological polar surface area (TPSA) is 24.5 Å². The molecule has 0 amide bonds. The number of nitrogens with one attached hydrogen (secondary N) is 1. The van der Waals surface area contributed by atoms with Gasteiger partial charge in [0.25, 0.3) is 0 Å². The van der Waals surface area contributed by atoms with Crippen LogP contribution in [0.1, 0.15) is 30.9 Å². The van der Waals surface area contributed by atoms with Crippen molar-refractivity contribution in [2.24, 2.45) is 5.92 Å². The molecule has 2 rings (SSSR count). The molecule has 1 N–H and O–H groups in total. The largest absolute Gasteiger partial charge is 0.497 e. The summed E-state index contributed by atoms with van der Waals surface area (Å²) in [6.45, 7) is 2.16. The van der Waals surface area contributed by atoms with Gasteiger partial charge in [-0.05, 0) is 57.1 Å². The van der Waals surface area contributed by atoms with E-state index in [2.05, 4.69) is 42.5 Å². The van der Waals surface area contributed by atoms with Crippen molar-refractivity contribution in [1.29, 1.82) is 0 Å². The van der Waals surface area contributed by atoms with E-state index in [0.717, 1.165) is 24.8 Å². The Labute approximate surface area is 116 Å². The Hall–Kier alpha value is -1.06. The van der Waals surface area contributed by atoms with E-state index in [1.54, 1.807) is 7.11 Å². The lowest BCUT2D eigenvalue weighted by Gasteiger charge is -2.29. The summed E-state index contributed by atoms with van der Waals surface area (Å²) in [6.07, 6.45) is 4.22. The van der Waals surface area contributed by atoms with Gasteiger partial charge in [-0.1, -0.05) is 18.6 Å². The number of ether oxygens (including phenoxy) is 1. The van der Waals surface area contributed by atoms with E-state index >= 15 is 0 Å². The normalized spacial score (nSPS) is 17.3. The maximum Gasteiger partial charge on any atom is 0.119 e. The zero-order valence-electron chi connectivity index (χ0n) is 12.4. The van der Waals surface area contributed by atoms with Gasteiger partial charge in [-0.3, -0.25) is 0 Å². The Balaban J connectivity index is 1.93. The molecule has 0 heterocycles. The number of likely N-dealkylation sites (N-methyl/N-ethyl adjacent to an activating group) is 1. The summed E-state index contributed by atoms with van der Waals surface area (Å²) in [5.74, 6) is 1.84. The molecule has 3 heteroatoms. The zero-order chi connectivity index (χ0) is 13.7. The first-order chi connectivity index (χ1) is 9.20. The minimum atomic E-state index is 0.398. The second-order valence-corrected chi connectivity index (χ2v) is 5.71. The lowest BCUT2D eigenvalue weighted by atomic mass is 9.85. The van der Waals surface area contributed by atoms with Gasteiger partial charge < -0.3 is 15.0 Å². The Bertz CT molecular complexity index is 388. The first-order valence-corrected chi connectivity index (χ1v) is 7.22. The fourth-order valence-corrected chi connectivity index (χ4v) is 2.57. The summed E-state index contributed by atoms with van der Waals surface area (Å²) >= 11 is 0. The molecule has 1 aromatic rings. The van der Waals surface area contributed by atoms with Crippen molar-refractivity contribution in [3.8, 4) is 5.75 Å². The highest BCUT2D eigenvalue weighted by molar-refractivity contribution is 5.30. The molecular formula is C16H26N2O. The van der Waals surface area contributed by atoms with Crippen LogP contribution in [0.4, 0.5) is 0 Å². The number of benzene rings is 1. The van der Waals surface area contributed by atoms with Gasteiger partial charge in [-0.15, -0.1) is 0 Å². The van der Waals surface area contributed by atoms with Crippen LogP contribution in [-0.4, -0.2) is 39.2 Å². The van der Waals surface area contributed by atoms with Gasteiger partial charge in [0, 0.05) is 12.6 Å². The van der Waals surface area contributed by atoms with Gasteiger partial charge >= 0.3 is 0 Å². The summed E-state index contributed by atoms with van der Waals surface area (Å²) in [6, 6.07) is 8.78. The van der Waals surface area contributed by atoms with E-state index < -0.39 is 0 Å². The Morgan fingerprint density at radius 1 is 1.37 bits per heavy atom. The number of hydrogen-bond donors (Lipinski definition) is 1. The second kappa shape index (κ2) is 6.92. The van der Waals surface area contributed by atoms with Gasteiger partial charge in [-0.25, -0.2) is 0 Å². The number of rotatable bonds is 7. The lowest BCUT2D eigenvalue weighted by molar-refractivity contribution is 0.259. The molecule has 1 fully saturated rings. The maximum atomic E-state index is 5.32. The molecule has 1 unspecified atom stereocenters. The molecule has 1 aliphatic carbocycles. The van der Waals surface area contributed by atoms with Crippen LogP contribution < -0.4 is 10.1 Å². The molecule has 1 saturated carbocycles. The predicted octanol–water partition coefficient (Wildman–Crippen LogP) is 2.69. The standard InChI is InChI=1S/C16H26N2O/c1-18(2)16(12-17-11-13-6-4-7-13)14-8-5-9-15(10-14)19-3/h5,8-10,13,16-17H,4,6-7,11-12H2,1-3H3. The minimum Gasteiger partial charge on any atom is -0.497 e. The van der Waals surface area contributed by atoms with Crippen molar-refractivity contribution in [2.75, 3.05) is 34.3 Å². The average molecular weight is 262 g/mol. The quantitative estimate of drug-likeness (QED) is 0.817. The third-order valence-corrected chi connectivity index (χ3v) is 4.10. The van der Waals surface area contributed by atoms with Gasteiger partial charge in [-0.2, -0.15) is 0 Å². The highest BCUT2D eigenvalue weighted by Crippen LogP contribution is 2.26. The molecular weight excluding hydrogens is 236 g/mol. The highest BCUT2D eigenvalue weighted by Gasteiger charge is 2.19. The van der Waals surface area contributed by atoms with Crippen LogP contribution in [0.25, 0.3) is 0 Å². The number of nitrogens with zero attached hydrogens (tertiary/aromatic N) is 1. The smallest absolute Gasteiger partial charge is 0.119 e. The van der Waals surface area contributed by atoms with Crippen LogP contribution in [0, 0.1) is 5.92 Å². The average Bonchev–Trinajstić information content (AvgIpc) is 2.36. The van der Waals surface area contributed by atoms with E-state index in [4.69, 9.17) is 4.74 Å². The van der Waals surface area contributed by atoms with E-state index in [0.29, 0.717) is 6.04 Å². The lowest BCUT2D eigenvalue weighted by Crippen LogP contribution is -2.35. The predicted molar refractivity (Wildman–Crippen MR) is 79.6 cm³/mol. The fraction of sp³-hybridized carbons (Fsp3) is 0.625. The first kappa shape index (κ1) is 14.4. The Morgan fingerprint density at radius 2 is 2.16 bits per heavy atom. The first-order valence-electron chi connectivity index (χ1n) is 7.22.